The summed E-state index contributed by atoms with van der Waals surface area (Å²) in [5.41, 5.74) is 3.11. The van der Waals surface area contributed by atoms with E-state index in [9.17, 15) is 9.59 Å². The van der Waals surface area contributed by atoms with Crippen LogP contribution in [-0.2, 0) is 10.2 Å². The lowest BCUT2D eigenvalue weighted by atomic mass is 9.85. The van der Waals surface area contributed by atoms with Gasteiger partial charge in [0.2, 0.25) is 0 Å². The van der Waals surface area contributed by atoms with Gasteiger partial charge in [0.15, 0.2) is 23.1 Å². The van der Waals surface area contributed by atoms with Crippen LogP contribution < -0.4 is 15.4 Å². The van der Waals surface area contributed by atoms with E-state index in [2.05, 4.69) is 42.7 Å². The number of aromatic nitrogens is 5. The monoisotopic (exact) mass is 598 g/mol. The molecule has 12 heteroatoms. The molecular weight excluding hydrogens is 560 g/mol. The second kappa shape index (κ2) is 11.9. The third kappa shape index (κ3) is 6.13. The van der Waals surface area contributed by atoms with Crippen molar-refractivity contribution in [2.45, 2.75) is 64.1 Å². The summed E-state index contributed by atoms with van der Waals surface area (Å²) in [6.45, 7) is 9.50. The van der Waals surface area contributed by atoms with E-state index in [1.165, 1.54) is 6.92 Å². The third-order valence-electron chi connectivity index (χ3n) is 8.17. The molecule has 2 aliphatic rings. The maximum atomic E-state index is 13.2. The molecule has 1 aliphatic heterocycles. The average Bonchev–Trinajstić information content (AvgIpc) is 3.41. The van der Waals surface area contributed by atoms with Gasteiger partial charge in [-0.15, -0.1) is 10.2 Å². The van der Waals surface area contributed by atoms with Gasteiger partial charge < -0.3 is 14.8 Å². The topological polar surface area (TPSA) is 136 Å². The first-order valence-corrected chi connectivity index (χ1v) is 14.9. The molecule has 3 aromatic heterocycles. The Bertz CT molecular complexity index is 1700. The molecule has 1 aliphatic carbocycles. The molecule has 230 valence electrons. The number of carbonyl (C=O) groups is 2. The smallest absolute Gasteiger partial charge is 0.320 e. The van der Waals surface area contributed by atoms with Crippen molar-refractivity contribution >= 4 is 23.3 Å². The zero-order valence-electron chi connectivity index (χ0n) is 25.7. The molecule has 6 rings (SSSR count). The number of hydrogen-bond donors (Lipinski definition) is 2. The van der Waals surface area contributed by atoms with Gasteiger partial charge in [0.05, 0.1) is 37.2 Å². The number of nitrogens with zero attached hydrogens (tertiary/aromatic N) is 6. The molecular formula is C32H38N8O4. The molecule has 1 fully saturated rings. The minimum absolute atomic E-state index is 0.0128. The summed E-state index contributed by atoms with van der Waals surface area (Å²) in [7, 11) is 2.07. The Kier molecular flexibility index (Phi) is 8.04. The molecule has 2 N–H and O–H groups in total. The first-order chi connectivity index (χ1) is 21.1. The maximum absolute atomic E-state index is 13.2. The van der Waals surface area contributed by atoms with Crippen molar-refractivity contribution in [3.8, 4) is 5.75 Å². The van der Waals surface area contributed by atoms with E-state index in [4.69, 9.17) is 9.47 Å². The summed E-state index contributed by atoms with van der Waals surface area (Å²) in [6.07, 6.45) is 3.12. The lowest BCUT2D eigenvalue weighted by molar-refractivity contribution is 0.00144. The Morgan fingerprint density at radius 2 is 1.84 bits per heavy atom. The number of ketones is 1. The van der Waals surface area contributed by atoms with Crippen LogP contribution in [0.5, 0.6) is 5.75 Å². The molecule has 1 saturated heterocycles. The summed E-state index contributed by atoms with van der Waals surface area (Å²) >= 11 is 0. The predicted molar refractivity (Wildman–Crippen MR) is 164 cm³/mol. The third-order valence-corrected chi connectivity index (χ3v) is 8.17. The molecule has 0 radical (unpaired) electrons. The van der Waals surface area contributed by atoms with Crippen LogP contribution in [0.2, 0.25) is 0 Å². The number of Topliss-reactive ketones (excluding diaryl/α,β-unsaturated/α-hetero) is 1. The van der Waals surface area contributed by atoms with Gasteiger partial charge in [0.25, 0.3) is 0 Å². The minimum Gasteiger partial charge on any atom is -0.484 e. The Morgan fingerprint density at radius 1 is 1.05 bits per heavy atom. The number of likely N-dealkylation sites (N-methyl/N-ethyl adjacent to an activating group) is 1. The number of fused-ring (bicyclic) bond motifs is 2. The number of carbonyl (C=O) groups excluding carboxylic acids is 2. The highest BCUT2D eigenvalue weighted by atomic mass is 16.5. The zero-order valence-corrected chi connectivity index (χ0v) is 25.7. The van der Waals surface area contributed by atoms with E-state index in [-0.39, 0.29) is 41.0 Å². The van der Waals surface area contributed by atoms with Crippen molar-refractivity contribution in [1.29, 1.82) is 0 Å². The van der Waals surface area contributed by atoms with E-state index < -0.39 is 6.03 Å². The summed E-state index contributed by atoms with van der Waals surface area (Å²) in [5, 5.41) is 14.7. The number of ether oxygens (including phenoxy) is 2. The van der Waals surface area contributed by atoms with E-state index in [0.717, 1.165) is 29.1 Å². The van der Waals surface area contributed by atoms with Gasteiger partial charge in [-0.1, -0.05) is 45.0 Å². The summed E-state index contributed by atoms with van der Waals surface area (Å²) in [4.78, 5) is 36.1. The number of nitrogens with one attached hydrogen (secondary N) is 2. The summed E-state index contributed by atoms with van der Waals surface area (Å²) < 4.78 is 14.2. The molecule has 0 saturated carbocycles. The molecule has 4 aromatic rings. The molecule has 2 amide bonds. The number of pyridine rings is 1. The Morgan fingerprint density at radius 3 is 2.59 bits per heavy atom. The number of urea groups is 1. The molecule has 0 bridgehead atoms. The van der Waals surface area contributed by atoms with Gasteiger partial charge >= 0.3 is 6.03 Å². The van der Waals surface area contributed by atoms with Crippen molar-refractivity contribution in [2.24, 2.45) is 0 Å². The van der Waals surface area contributed by atoms with Crippen LogP contribution in [0.15, 0.2) is 48.7 Å². The van der Waals surface area contributed by atoms with Gasteiger partial charge in [-0.25, -0.2) is 14.8 Å². The van der Waals surface area contributed by atoms with E-state index in [1.54, 1.807) is 6.07 Å². The van der Waals surface area contributed by atoms with Crippen LogP contribution in [-0.4, -0.2) is 68.1 Å². The Hall–Kier alpha value is -4.42. The van der Waals surface area contributed by atoms with Crippen molar-refractivity contribution in [2.75, 3.05) is 32.1 Å². The fourth-order valence-electron chi connectivity index (χ4n) is 5.69. The molecule has 4 heterocycles. The van der Waals surface area contributed by atoms with Crippen LogP contribution in [0, 0.1) is 0 Å². The number of morpholine rings is 1. The fourth-order valence-corrected chi connectivity index (χ4v) is 5.69. The standard InChI is InChI=1S/C32H38N8O4/c1-19(41)29-34-26(32(2,3)4)16-27(35-29)36-31(42)33-23-11-12-25(22-9-7-6-8-21(22)23)44-20-10-13-28-37-38-30(40(28)17-20)24-18-43-15-14-39(24)5/h6-10,13,16-17,23-25H,11-12,14-15,18H2,1-5H3,(H2,33,34,35,36,42)/t23-,24-,25+/m0/s1. The van der Waals surface area contributed by atoms with Crippen molar-refractivity contribution in [1.82, 2.24) is 34.8 Å². The normalized spacial score (nSPS) is 20.6. The number of hydrogen-bond acceptors (Lipinski definition) is 9. The Balaban J connectivity index is 1.19. The second-order valence-electron chi connectivity index (χ2n) is 12.5. The molecule has 0 spiro atoms. The highest BCUT2D eigenvalue weighted by molar-refractivity contribution is 5.92. The number of anilines is 1. The van der Waals surface area contributed by atoms with E-state index in [0.29, 0.717) is 37.5 Å². The SMILES string of the molecule is CC(=O)c1nc(NC(=O)N[C@H]2CC[C@@H](Oc3ccc4nnc([C@@H]5COCCN5C)n4c3)c3ccccc32)cc(C(C)(C)C)n1. The number of benzene rings is 1. The van der Waals surface area contributed by atoms with Crippen LogP contribution in [0.4, 0.5) is 10.6 Å². The first-order valence-electron chi connectivity index (χ1n) is 14.9. The number of amides is 2. The van der Waals surface area contributed by atoms with Crippen molar-refractivity contribution in [3.05, 3.63) is 77.1 Å². The van der Waals surface area contributed by atoms with Gasteiger partial charge in [0.1, 0.15) is 17.7 Å². The highest BCUT2D eigenvalue weighted by Gasteiger charge is 2.31. The summed E-state index contributed by atoms with van der Waals surface area (Å²) in [6, 6.07) is 12.9. The predicted octanol–water partition coefficient (Wildman–Crippen LogP) is 4.80. The molecule has 44 heavy (non-hydrogen) atoms. The van der Waals surface area contributed by atoms with Crippen LogP contribution in [0.1, 0.15) is 92.0 Å². The van der Waals surface area contributed by atoms with E-state index in [1.807, 2.05) is 67.8 Å². The lowest BCUT2D eigenvalue weighted by Crippen LogP contribution is -2.37. The van der Waals surface area contributed by atoms with Crippen molar-refractivity contribution in [3.63, 3.8) is 0 Å². The van der Waals surface area contributed by atoms with Gasteiger partial charge in [-0.2, -0.15) is 0 Å². The lowest BCUT2D eigenvalue weighted by Gasteiger charge is -2.32. The average molecular weight is 599 g/mol. The fraction of sp³-hybridized carbons (Fsp3) is 0.438. The molecule has 12 nitrogen and oxygen atoms in total. The molecule has 1 aromatic carbocycles. The largest absolute Gasteiger partial charge is 0.484 e. The van der Waals surface area contributed by atoms with Gasteiger partial charge in [-0.05, 0) is 43.1 Å². The van der Waals surface area contributed by atoms with Crippen LogP contribution in [0.25, 0.3) is 5.65 Å². The van der Waals surface area contributed by atoms with E-state index >= 15 is 0 Å². The van der Waals surface area contributed by atoms with Crippen LogP contribution >= 0.6 is 0 Å². The molecule has 0 unspecified atom stereocenters. The minimum atomic E-state index is -0.403. The zero-order chi connectivity index (χ0) is 31.0. The molecule has 3 atom stereocenters. The van der Waals surface area contributed by atoms with Crippen LogP contribution in [0.3, 0.4) is 0 Å². The number of rotatable bonds is 6. The first kappa shape index (κ1) is 29.6. The second-order valence-corrected chi connectivity index (χ2v) is 12.5. The van der Waals surface area contributed by atoms with Gasteiger partial charge in [0, 0.05) is 24.9 Å². The summed E-state index contributed by atoms with van der Waals surface area (Å²) in [5.74, 6) is 1.63. The van der Waals surface area contributed by atoms with Gasteiger partial charge in [-0.3, -0.25) is 19.4 Å². The quantitative estimate of drug-likeness (QED) is 0.300. The van der Waals surface area contributed by atoms with Crippen molar-refractivity contribution < 1.29 is 19.1 Å². The highest BCUT2D eigenvalue weighted by Crippen LogP contribution is 2.39. The maximum Gasteiger partial charge on any atom is 0.320 e. The Labute approximate surface area is 256 Å².